The van der Waals surface area contributed by atoms with E-state index in [2.05, 4.69) is 16.0 Å². The highest BCUT2D eigenvalue weighted by Crippen LogP contribution is 2.16. The molecule has 0 radical (unpaired) electrons. The average Bonchev–Trinajstić information content (AvgIpc) is 3.10. The van der Waals surface area contributed by atoms with Gasteiger partial charge in [0.05, 0.1) is 0 Å². The number of urea groups is 1. The van der Waals surface area contributed by atoms with Gasteiger partial charge in [0.1, 0.15) is 0 Å². The third-order valence-electron chi connectivity index (χ3n) is 4.86. The smallest absolute Gasteiger partial charge is 0.319 e. The third kappa shape index (κ3) is 6.84. The molecule has 0 aromatic heterocycles. The van der Waals surface area contributed by atoms with Crippen molar-refractivity contribution in [2.75, 3.05) is 11.9 Å². The normalized spacial score (nSPS) is 13.8. The summed E-state index contributed by atoms with van der Waals surface area (Å²) in [5, 5.41) is 8.50. The maximum Gasteiger partial charge on any atom is 0.319 e. The summed E-state index contributed by atoms with van der Waals surface area (Å²) in [7, 11) is 0. The molecule has 2 aromatic carbocycles. The van der Waals surface area contributed by atoms with E-state index >= 15 is 0 Å². The van der Waals surface area contributed by atoms with Crippen LogP contribution in [0.1, 0.15) is 55.1 Å². The van der Waals surface area contributed by atoms with Gasteiger partial charge in [-0.2, -0.15) is 0 Å². The first-order chi connectivity index (χ1) is 14.7. The van der Waals surface area contributed by atoms with Gasteiger partial charge in [0.25, 0.3) is 5.91 Å². The summed E-state index contributed by atoms with van der Waals surface area (Å²) in [6, 6.07) is 14.3. The second kappa shape index (κ2) is 9.64. The molecule has 0 saturated carbocycles. The van der Waals surface area contributed by atoms with Crippen LogP contribution < -0.4 is 16.0 Å². The van der Waals surface area contributed by atoms with Gasteiger partial charge in [0.15, 0.2) is 0 Å². The number of nitrogens with one attached hydrogen (secondary N) is 3. The number of hydrogen-bond donors (Lipinski definition) is 3. The van der Waals surface area contributed by atoms with Crippen molar-refractivity contribution in [3.05, 3.63) is 65.2 Å². The number of benzene rings is 2. The van der Waals surface area contributed by atoms with Crippen molar-refractivity contribution >= 4 is 23.5 Å². The topological polar surface area (TPSA) is 90.5 Å². The minimum Gasteiger partial charge on any atom is -0.347 e. The molecule has 31 heavy (non-hydrogen) atoms. The predicted molar refractivity (Wildman–Crippen MR) is 121 cm³/mol. The lowest BCUT2D eigenvalue weighted by atomic mass is 10.1. The Hall–Kier alpha value is -3.35. The van der Waals surface area contributed by atoms with Crippen LogP contribution >= 0.6 is 0 Å². The number of carbonyl (C=O) groups excluding carboxylic acids is 3. The van der Waals surface area contributed by atoms with Crippen LogP contribution in [0.15, 0.2) is 48.5 Å². The molecule has 0 unspecified atom stereocenters. The molecule has 4 amide bonds. The van der Waals surface area contributed by atoms with Gasteiger partial charge in [0.2, 0.25) is 5.91 Å². The van der Waals surface area contributed by atoms with E-state index in [0.717, 1.165) is 24.1 Å². The molecule has 7 nitrogen and oxygen atoms in total. The van der Waals surface area contributed by atoms with Crippen LogP contribution in [0.4, 0.5) is 10.5 Å². The van der Waals surface area contributed by atoms with E-state index in [1.165, 1.54) is 0 Å². The van der Waals surface area contributed by atoms with Gasteiger partial charge in [-0.3, -0.25) is 9.59 Å². The minimum absolute atomic E-state index is 0.190. The van der Waals surface area contributed by atoms with E-state index in [1.807, 2.05) is 49.9 Å². The third-order valence-corrected chi connectivity index (χ3v) is 4.86. The Bertz CT molecular complexity index is 965. The largest absolute Gasteiger partial charge is 0.347 e. The van der Waals surface area contributed by atoms with Gasteiger partial charge in [-0.1, -0.05) is 30.3 Å². The lowest BCUT2D eigenvalue weighted by Crippen LogP contribution is -2.40. The number of hydrogen-bond acceptors (Lipinski definition) is 3. The van der Waals surface area contributed by atoms with Gasteiger partial charge in [-0.15, -0.1) is 0 Å². The molecule has 3 rings (SSSR count). The van der Waals surface area contributed by atoms with Gasteiger partial charge in [-0.25, -0.2) is 4.79 Å². The molecule has 1 fully saturated rings. The van der Waals surface area contributed by atoms with Gasteiger partial charge in [0, 0.05) is 42.8 Å². The lowest BCUT2D eigenvalue weighted by molar-refractivity contribution is -0.128. The Balaban J connectivity index is 1.53. The molecule has 0 atom stereocenters. The van der Waals surface area contributed by atoms with Crippen molar-refractivity contribution in [3.63, 3.8) is 0 Å². The number of anilines is 1. The van der Waals surface area contributed by atoms with Crippen molar-refractivity contribution in [3.8, 4) is 0 Å². The number of amides is 4. The highest BCUT2D eigenvalue weighted by Gasteiger charge is 2.20. The molecule has 3 N–H and O–H groups in total. The molecule has 0 bridgehead atoms. The van der Waals surface area contributed by atoms with Crippen molar-refractivity contribution in [2.24, 2.45) is 0 Å². The van der Waals surface area contributed by atoms with Crippen LogP contribution in [-0.4, -0.2) is 34.8 Å². The summed E-state index contributed by atoms with van der Waals surface area (Å²) >= 11 is 0. The predicted octanol–water partition coefficient (Wildman–Crippen LogP) is 3.66. The van der Waals surface area contributed by atoms with E-state index in [9.17, 15) is 14.4 Å². The molecule has 1 aliphatic heterocycles. The second-order valence-electron chi connectivity index (χ2n) is 8.83. The molecular weight excluding hydrogens is 392 g/mol. The fourth-order valence-corrected chi connectivity index (χ4v) is 3.44. The summed E-state index contributed by atoms with van der Waals surface area (Å²) in [6.45, 7) is 7.51. The molecule has 2 aromatic rings. The molecule has 0 aliphatic carbocycles. The summed E-state index contributed by atoms with van der Waals surface area (Å²) in [5.41, 5.74) is 2.69. The van der Waals surface area contributed by atoms with Crippen LogP contribution in [0.2, 0.25) is 0 Å². The lowest BCUT2D eigenvalue weighted by Gasteiger charge is -2.20. The van der Waals surface area contributed by atoms with Crippen molar-refractivity contribution in [1.82, 2.24) is 15.5 Å². The molecule has 1 saturated heterocycles. The van der Waals surface area contributed by atoms with Crippen LogP contribution in [0, 0.1) is 0 Å². The van der Waals surface area contributed by atoms with Crippen LogP contribution in [0.5, 0.6) is 0 Å². The second-order valence-corrected chi connectivity index (χ2v) is 8.83. The fraction of sp³-hybridized carbons (Fsp3) is 0.375. The molecule has 1 heterocycles. The molecule has 0 spiro atoms. The highest BCUT2D eigenvalue weighted by molar-refractivity contribution is 5.97. The van der Waals surface area contributed by atoms with Crippen molar-refractivity contribution in [1.29, 1.82) is 0 Å². The van der Waals surface area contributed by atoms with E-state index in [1.54, 1.807) is 24.3 Å². The molecule has 164 valence electrons. The number of rotatable bonds is 6. The summed E-state index contributed by atoms with van der Waals surface area (Å²) in [5.74, 6) is 0.00572. The number of likely N-dealkylation sites (tertiary alicyclic amines) is 1. The van der Waals surface area contributed by atoms with E-state index in [-0.39, 0.29) is 23.4 Å². The monoisotopic (exact) mass is 422 g/mol. The van der Waals surface area contributed by atoms with Crippen LogP contribution in [-0.2, 0) is 17.9 Å². The summed E-state index contributed by atoms with van der Waals surface area (Å²) < 4.78 is 0. The van der Waals surface area contributed by atoms with Crippen LogP contribution in [0.3, 0.4) is 0 Å². The van der Waals surface area contributed by atoms with Gasteiger partial charge < -0.3 is 20.9 Å². The number of carbonyl (C=O) groups is 3. The first-order valence-corrected chi connectivity index (χ1v) is 10.5. The SMILES string of the molecule is CC(C)(C)NC(=O)c1cccc(NC(=O)NCc2cccc(CN3CCCC3=O)c2)c1. The summed E-state index contributed by atoms with van der Waals surface area (Å²) in [4.78, 5) is 38.3. The standard InChI is InChI=1S/C24H30N4O3/c1-24(2,3)27-22(30)19-9-5-10-20(14-19)26-23(31)25-15-17-7-4-8-18(13-17)16-28-12-6-11-21(28)29/h4-5,7-10,13-14H,6,11-12,15-16H2,1-3H3,(H,27,30)(H2,25,26,31). The zero-order valence-corrected chi connectivity index (χ0v) is 18.3. The van der Waals surface area contributed by atoms with Crippen LogP contribution in [0.25, 0.3) is 0 Å². The fourth-order valence-electron chi connectivity index (χ4n) is 3.44. The van der Waals surface area contributed by atoms with Crippen molar-refractivity contribution in [2.45, 2.75) is 52.2 Å². The molecule has 7 heteroatoms. The Morgan fingerprint density at radius 3 is 2.48 bits per heavy atom. The maximum atomic E-state index is 12.3. The van der Waals surface area contributed by atoms with E-state index < -0.39 is 0 Å². The van der Waals surface area contributed by atoms with E-state index in [0.29, 0.717) is 30.8 Å². The quantitative estimate of drug-likeness (QED) is 0.664. The Morgan fingerprint density at radius 1 is 1.03 bits per heavy atom. The van der Waals surface area contributed by atoms with Crippen molar-refractivity contribution < 1.29 is 14.4 Å². The highest BCUT2D eigenvalue weighted by atomic mass is 16.2. The maximum absolute atomic E-state index is 12.3. The number of nitrogens with zero attached hydrogens (tertiary/aromatic N) is 1. The Labute approximate surface area is 183 Å². The van der Waals surface area contributed by atoms with Gasteiger partial charge >= 0.3 is 6.03 Å². The zero-order chi connectivity index (χ0) is 22.4. The van der Waals surface area contributed by atoms with E-state index in [4.69, 9.17) is 0 Å². The van der Waals surface area contributed by atoms with Gasteiger partial charge in [-0.05, 0) is 56.5 Å². The molecule has 1 aliphatic rings. The first-order valence-electron chi connectivity index (χ1n) is 10.5. The Kier molecular flexibility index (Phi) is 6.95. The Morgan fingerprint density at radius 2 is 1.77 bits per heavy atom. The summed E-state index contributed by atoms with van der Waals surface area (Å²) in [6.07, 6.45) is 1.54. The first kappa shape index (κ1) is 22.3. The zero-order valence-electron chi connectivity index (χ0n) is 18.3. The average molecular weight is 423 g/mol. The molecular formula is C24H30N4O3. The minimum atomic E-state index is -0.353.